The molecular formula is C13H21N3O3S. The molecule has 0 saturated carbocycles. The predicted molar refractivity (Wildman–Crippen MR) is 80.7 cm³/mol. The van der Waals surface area contributed by atoms with Crippen LogP contribution in [-0.2, 0) is 0 Å². The third kappa shape index (κ3) is 2.69. The number of rotatable bonds is 4. The van der Waals surface area contributed by atoms with Crippen LogP contribution in [0.3, 0.4) is 0 Å². The highest BCUT2D eigenvalue weighted by atomic mass is 32.1. The molecule has 6 nitrogen and oxygen atoms in total. The predicted octanol–water partition coefficient (Wildman–Crippen LogP) is 0.907. The number of ether oxygens (including phenoxy) is 1. The number of hydrogen-bond acceptors (Lipinski definition) is 6. The molecule has 1 aromatic heterocycles. The summed E-state index contributed by atoms with van der Waals surface area (Å²) in [6.07, 6.45) is 1.87. The van der Waals surface area contributed by atoms with E-state index in [0.29, 0.717) is 22.2 Å². The third-order valence-corrected chi connectivity index (χ3v) is 4.93. The van der Waals surface area contributed by atoms with Crippen molar-refractivity contribution in [1.29, 1.82) is 0 Å². The number of hydrogen-bond donors (Lipinski definition) is 3. The summed E-state index contributed by atoms with van der Waals surface area (Å²) in [4.78, 5) is 14.5. The van der Waals surface area contributed by atoms with Gasteiger partial charge in [0.25, 0.3) is 5.91 Å². The van der Waals surface area contributed by atoms with Gasteiger partial charge in [-0.15, -0.1) is 11.3 Å². The molecule has 1 saturated heterocycles. The van der Waals surface area contributed by atoms with Crippen molar-refractivity contribution in [2.75, 3.05) is 44.5 Å². The molecule has 1 amide bonds. The van der Waals surface area contributed by atoms with Gasteiger partial charge in [-0.3, -0.25) is 4.79 Å². The molecule has 0 bridgehead atoms. The van der Waals surface area contributed by atoms with Crippen LogP contribution in [0.5, 0.6) is 5.75 Å². The standard InChI is InChI=1S/C13H21N3O3S/c1-15-12(18)11-9(14)10(19-2)13(20-11)16-5-3-8(7-17)4-6-16/h8,17H,3-7,14H2,1-2H3,(H,15,18). The van der Waals surface area contributed by atoms with E-state index in [1.165, 1.54) is 11.3 Å². The molecule has 1 aliphatic rings. The topological polar surface area (TPSA) is 87.8 Å². The summed E-state index contributed by atoms with van der Waals surface area (Å²) in [5.41, 5.74) is 6.41. The Balaban J connectivity index is 2.25. The van der Waals surface area contributed by atoms with E-state index in [4.69, 9.17) is 10.5 Å². The van der Waals surface area contributed by atoms with E-state index in [2.05, 4.69) is 10.2 Å². The van der Waals surface area contributed by atoms with Crippen LogP contribution in [0.15, 0.2) is 0 Å². The van der Waals surface area contributed by atoms with Gasteiger partial charge in [0.2, 0.25) is 0 Å². The zero-order chi connectivity index (χ0) is 14.7. The number of anilines is 2. The van der Waals surface area contributed by atoms with Gasteiger partial charge in [-0.1, -0.05) is 0 Å². The highest BCUT2D eigenvalue weighted by Crippen LogP contribution is 2.45. The van der Waals surface area contributed by atoms with Gasteiger partial charge < -0.3 is 25.8 Å². The minimum absolute atomic E-state index is 0.192. The van der Waals surface area contributed by atoms with Crippen LogP contribution in [0.1, 0.15) is 22.5 Å². The van der Waals surface area contributed by atoms with Crippen LogP contribution < -0.4 is 20.7 Å². The lowest BCUT2D eigenvalue weighted by Gasteiger charge is -2.32. The minimum atomic E-state index is -0.192. The van der Waals surface area contributed by atoms with E-state index in [1.54, 1.807) is 14.2 Å². The average Bonchev–Trinajstić information content (AvgIpc) is 2.83. The molecule has 0 atom stereocenters. The summed E-state index contributed by atoms with van der Waals surface area (Å²) in [6, 6.07) is 0. The maximum atomic E-state index is 11.8. The van der Waals surface area contributed by atoms with Crippen molar-refractivity contribution in [2.45, 2.75) is 12.8 Å². The maximum Gasteiger partial charge on any atom is 0.263 e. The Morgan fingerprint density at radius 3 is 2.70 bits per heavy atom. The second kappa shape index (κ2) is 6.32. The van der Waals surface area contributed by atoms with Crippen molar-refractivity contribution in [3.05, 3.63) is 4.88 Å². The summed E-state index contributed by atoms with van der Waals surface area (Å²) in [5.74, 6) is 0.756. The first kappa shape index (κ1) is 14.9. The number of nitrogen functional groups attached to an aromatic ring is 1. The fourth-order valence-corrected chi connectivity index (χ4v) is 3.61. The van der Waals surface area contributed by atoms with Crippen LogP contribution in [0.4, 0.5) is 10.7 Å². The molecule has 4 N–H and O–H groups in total. The summed E-state index contributed by atoms with van der Waals surface area (Å²) < 4.78 is 5.37. The monoisotopic (exact) mass is 299 g/mol. The van der Waals surface area contributed by atoms with Gasteiger partial charge in [-0.2, -0.15) is 0 Å². The molecule has 112 valence electrons. The molecule has 1 aliphatic heterocycles. The van der Waals surface area contributed by atoms with E-state index in [9.17, 15) is 9.90 Å². The molecule has 0 spiro atoms. The normalized spacial score (nSPS) is 16.2. The van der Waals surface area contributed by atoms with Crippen molar-refractivity contribution < 1.29 is 14.6 Å². The Labute approximate surface area is 122 Å². The van der Waals surface area contributed by atoms with Crippen LogP contribution in [0, 0.1) is 5.92 Å². The Morgan fingerprint density at radius 1 is 1.55 bits per heavy atom. The lowest BCUT2D eigenvalue weighted by Crippen LogP contribution is -2.34. The highest BCUT2D eigenvalue weighted by Gasteiger charge is 2.27. The molecule has 0 radical (unpaired) electrons. The average molecular weight is 299 g/mol. The van der Waals surface area contributed by atoms with Gasteiger partial charge >= 0.3 is 0 Å². The Hall–Kier alpha value is -1.47. The van der Waals surface area contributed by atoms with Crippen molar-refractivity contribution in [3.8, 4) is 5.75 Å². The zero-order valence-electron chi connectivity index (χ0n) is 11.8. The van der Waals surface area contributed by atoms with Crippen molar-refractivity contribution in [1.82, 2.24) is 5.32 Å². The number of nitrogens with two attached hydrogens (primary N) is 1. The highest BCUT2D eigenvalue weighted by molar-refractivity contribution is 7.19. The first-order valence-corrected chi connectivity index (χ1v) is 7.48. The summed E-state index contributed by atoms with van der Waals surface area (Å²) in [6.45, 7) is 1.92. The van der Waals surface area contributed by atoms with Crippen molar-refractivity contribution >= 4 is 27.9 Å². The van der Waals surface area contributed by atoms with Crippen LogP contribution in [0.2, 0.25) is 0 Å². The molecule has 1 fully saturated rings. The molecule has 7 heteroatoms. The van der Waals surface area contributed by atoms with Crippen LogP contribution in [0.25, 0.3) is 0 Å². The third-order valence-electron chi connectivity index (χ3n) is 3.68. The van der Waals surface area contributed by atoms with Crippen LogP contribution >= 0.6 is 11.3 Å². The second-order valence-corrected chi connectivity index (χ2v) is 5.87. The van der Waals surface area contributed by atoms with Gasteiger partial charge in [0.15, 0.2) is 5.75 Å². The lowest BCUT2D eigenvalue weighted by molar-refractivity contribution is 0.0967. The molecular weight excluding hydrogens is 278 g/mol. The fraction of sp³-hybridized carbons (Fsp3) is 0.615. The number of thiophene rings is 1. The zero-order valence-corrected chi connectivity index (χ0v) is 12.6. The number of amides is 1. The SMILES string of the molecule is CNC(=O)c1sc(N2CCC(CO)CC2)c(OC)c1N. The summed E-state index contributed by atoms with van der Waals surface area (Å²) >= 11 is 1.36. The Kier molecular flexibility index (Phi) is 4.72. The molecule has 1 aromatic rings. The number of carbonyl (C=O) groups excluding carboxylic acids is 1. The second-order valence-electron chi connectivity index (χ2n) is 4.88. The number of piperidine rings is 1. The van der Waals surface area contributed by atoms with E-state index in [0.717, 1.165) is 30.9 Å². The Morgan fingerprint density at radius 2 is 2.20 bits per heavy atom. The van der Waals surface area contributed by atoms with E-state index in [-0.39, 0.29) is 12.5 Å². The maximum absolute atomic E-state index is 11.8. The number of methoxy groups -OCH3 is 1. The van der Waals surface area contributed by atoms with Gasteiger partial charge in [0.1, 0.15) is 15.6 Å². The molecule has 0 aliphatic carbocycles. The van der Waals surface area contributed by atoms with Crippen LogP contribution in [-0.4, -0.2) is 44.9 Å². The summed E-state index contributed by atoms with van der Waals surface area (Å²) in [5, 5.41) is 12.7. The largest absolute Gasteiger partial charge is 0.492 e. The number of aliphatic hydroxyl groups excluding tert-OH is 1. The van der Waals surface area contributed by atoms with E-state index < -0.39 is 0 Å². The van der Waals surface area contributed by atoms with Gasteiger partial charge in [0, 0.05) is 26.7 Å². The number of carbonyl (C=O) groups is 1. The van der Waals surface area contributed by atoms with E-state index >= 15 is 0 Å². The van der Waals surface area contributed by atoms with Crippen molar-refractivity contribution in [3.63, 3.8) is 0 Å². The van der Waals surface area contributed by atoms with Gasteiger partial charge in [-0.05, 0) is 18.8 Å². The summed E-state index contributed by atoms with van der Waals surface area (Å²) in [7, 11) is 3.15. The number of nitrogens with one attached hydrogen (secondary N) is 1. The molecule has 2 rings (SSSR count). The van der Waals surface area contributed by atoms with E-state index in [1.807, 2.05) is 0 Å². The number of nitrogens with zero attached hydrogens (tertiary/aromatic N) is 1. The quantitative estimate of drug-likeness (QED) is 0.769. The fourth-order valence-electron chi connectivity index (χ4n) is 2.42. The molecule has 2 heterocycles. The molecule has 0 unspecified atom stereocenters. The van der Waals surface area contributed by atoms with Crippen molar-refractivity contribution in [2.24, 2.45) is 5.92 Å². The molecule has 0 aromatic carbocycles. The first-order chi connectivity index (χ1) is 9.62. The Bertz CT molecular complexity index is 481. The first-order valence-electron chi connectivity index (χ1n) is 6.66. The van der Waals surface area contributed by atoms with Gasteiger partial charge in [0.05, 0.1) is 7.11 Å². The number of aliphatic hydroxyl groups is 1. The lowest BCUT2D eigenvalue weighted by atomic mass is 9.98. The van der Waals surface area contributed by atoms with Gasteiger partial charge in [-0.25, -0.2) is 0 Å². The smallest absolute Gasteiger partial charge is 0.263 e. The molecule has 20 heavy (non-hydrogen) atoms. The minimum Gasteiger partial charge on any atom is -0.492 e.